The molecule has 4 heteroatoms. The molecule has 3 rings (SSSR count). The number of rotatable bonds is 1. The summed E-state index contributed by atoms with van der Waals surface area (Å²) in [5, 5.41) is 1.17. The molecule has 0 aromatic carbocycles. The maximum Gasteiger partial charge on any atom is 0.186 e. The zero-order chi connectivity index (χ0) is 11.0. The number of hydrogen-bond acceptors (Lipinski definition) is 4. The molecule has 0 bridgehead atoms. The first-order valence-electron chi connectivity index (χ1n) is 5.81. The molecular weight excluding hydrogens is 218 g/mol. The number of anilines is 1. The molecule has 2 aromatic heterocycles. The monoisotopic (exact) mass is 233 g/mol. The Morgan fingerprint density at radius 3 is 2.88 bits per heavy atom. The lowest BCUT2D eigenvalue weighted by atomic mass is 10.1. The average molecular weight is 233 g/mol. The van der Waals surface area contributed by atoms with Crippen LogP contribution in [0.1, 0.15) is 25.0 Å². The van der Waals surface area contributed by atoms with Crippen LogP contribution in [0.3, 0.4) is 0 Å². The first-order chi connectivity index (χ1) is 7.83. The van der Waals surface area contributed by atoms with Crippen LogP contribution in [-0.4, -0.2) is 23.1 Å². The normalized spacial score (nSPS) is 16.9. The molecule has 0 aliphatic carbocycles. The number of hydrogen-bond donors (Lipinski definition) is 0. The van der Waals surface area contributed by atoms with Crippen LogP contribution < -0.4 is 4.90 Å². The lowest BCUT2D eigenvalue weighted by molar-refractivity contribution is 0.577. The van der Waals surface area contributed by atoms with Gasteiger partial charge in [-0.1, -0.05) is 11.3 Å². The Morgan fingerprint density at radius 1 is 1.25 bits per heavy atom. The van der Waals surface area contributed by atoms with Gasteiger partial charge in [0.15, 0.2) is 5.13 Å². The van der Waals surface area contributed by atoms with E-state index < -0.39 is 0 Å². The second kappa shape index (κ2) is 4.01. The molecule has 3 heterocycles. The third kappa shape index (κ3) is 1.78. The van der Waals surface area contributed by atoms with Crippen LogP contribution in [0, 0.1) is 6.92 Å². The minimum atomic E-state index is 1.04. The molecule has 0 N–H and O–H groups in total. The number of aryl methyl sites for hydroxylation is 1. The van der Waals surface area contributed by atoms with Gasteiger partial charge in [0, 0.05) is 18.8 Å². The van der Waals surface area contributed by atoms with E-state index in [1.165, 1.54) is 29.1 Å². The van der Waals surface area contributed by atoms with Gasteiger partial charge >= 0.3 is 0 Å². The van der Waals surface area contributed by atoms with Crippen molar-refractivity contribution in [3.05, 3.63) is 18.0 Å². The number of thiazole rings is 1. The fourth-order valence-corrected chi connectivity index (χ4v) is 3.22. The standard InChI is InChI=1S/C12H15N3S/c1-9-7-11-10(8-13-9)14-12(16-11)15-5-3-2-4-6-15/h7-8H,2-6H2,1H3. The maximum absolute atomic E-state index is 4.66. The zero-order valence-corrected chi connectivity index (χ0v) is 10.3. The van der Waals surface area contributed by atoms with Crippen LogP contribution in [0.15, 0.2) is 12.3 Å². The van der Waals surface area contributed by atoms with E-state index in [0.717, 1.165) is 24.3 Å². The van der Waals surface area contributed by atoms with Crippen molar-refractivity contribution in [2.24, 2.45) is 0 Å². The van der Waals surface area contributed by atoms with Gasteiger partial charge in [0.05, 0.1) is 10.9 Å². The summed E-state index contributed by atoms with van der Waals surface area (Å²) in [4.78, 5) is 11.4. The number of piperidine rings is 1. The first kappa shape index (κ1) is 10.0. The topological polar surface area (TPSA) is 29.0 Å². The quantitative estimate of drug-likeness (QED) is 0.758. The second-order valence-electron chi connectivity index (χ2n) is 4.34. The molecule has 16 heavy (non-hydrogen) atoms. The number of aromatic nitrogens is 2. The highest BCUT2D eigenvalue weighted by Crippen LogP contribution is 2.30. The van der Waals surface area contributed by atoms with Gasteiger partial charge in [-0.25, -0.2) is 4.98 Å². The summed E-state index contributed by atoms with van der Waals surface area (Å²) in [7, 11) is 0. The molecule has 3 nitrogen and oxygen atoms in total. The van der Waals surface area contributed by atoms with Crippen LogP contribution in [0.25, 0.3) is 10.2 Å². The average Bonchev–Trinajstić information content (AvgIpc) is 2.73. The molecule has 1 fully saturated rings. The zero-order valence-electron chi connectivity index (χ0n) is 9.44. The van der Waals surface area contributed by atoms with Crippen molar-refractivity contribution in [1.82, 2.24) is 9.97 Å². The van der Waals surface area contributed by atoms with E-state index >= 15 is 0 Å². The Bertz CT molecular complexity index is 500. The molecule has 2 aromatic rings. The highest BCUT2D eigenvalue weighted by molar-refractivity contribution is 7.22. The van der Waals surface area contributed by atoms with Gasteiger partial charge in [0.2, 0.25) is 0 Å². The van der Waals surface area contributed by atoms with Crippen molar-refractivity contribution < 1.29 is 0 Å². The molecule has 1 aliphatic heterocycles. The van der Waals surface area contributed by atoms with E-state index in [0.29, 0.717) is 0 Å². The summed E-state index contributed by atoms with van der Waals surface area (Å²) >= 11 is 1.79. The maximum atomic E-state index is 4.66. The lowest BCUT2D eigenvalue weighted by Gasteiger charge is -2.25. The smallest absolute Gasteiger partial charge is 0.186 e. The fraction of sp³-hybridized carbons (Fsp3) is 0.500. The summed E-state index contributed by atoms with van der Waals surface area (Å²) in [5.41, 5.74) is 2.11. The van der Waals surface area contributed by atoms with Crippen molar-refractivity contribution >= 4 is 26.7 Å². The highest BCUT2D eigenvalue weighted by atomic mass is 32.1. The minimum absolute atomic E-state index is 1.04. The Balaban J connectivity index is 1.97. The summed E-state index contributed by atoms with van der Waals surface area (Å²) in [5.74, 6) is 0. The molecule has 0 amide bonds. The Kier molecular flexibility index (Phi) is 2.52. The molecule has 84 valence electrons. The SMILES string of the molecule is Cc1cc2sc(N3CCCCC3)nc2cn1. The summed E-state index contributed by atoms with van der Waals surface area (Å²) in [6.45, 7) is 4.35. The van der Waals surface area contributed by atoms with E-state index in [9.17, 15) is 0 Å². The number of pyridine rings is 1. The Labute approximate surface area is 99.1 Å². The predicted molar refractivity (Wildman–Crippen MR) is 68.2 cm³/mol. The largest absolute Gasteiger partial charge is 0.348 e. The van der Waals surface area contributed by atoms with Gasteiger partial charge in [0.1, 0.15) is 5.52 Å². The summed E-state index contributed by atoms with van der Waals surface area (Å²) < 4.78 is 1.26. The lowest BCUT2D eigenvalue weighted by Crippen LogP contribution is -2.29. The van der Waals surface area contributed by atoms with Gasteiger partial charge in [-0.2, -0.15) is 0 Å². The molecule has 0 saturated carbocycles. The molecule has 0 radical (unpaired) electrons. The van der Waals surface area contributed by atoms with Crippen LogP contribution in [-0.2, 0) is 0 Å². The van der Waals surface area contributed by atoms with Crippen LogP contribution in [0.2, 0.25) is 0 Å². The minimum Gasteiger partial charge on any atom is -0.348 e. The molecule has 1 saturated heterocycles. The van der Waals surface area contributed by atoms with Gasteiger partial charge in [-0.05, 0) is 32.3 Å². The van der Waals surface area contributed by atoms with Gasteiger partial charge < -0.3 is 4.90 Å². The Hall–Kier alpha value is -1.16. The van der Waals surface area contributed by atoms with Crippen molar-refractivity contribution in [1.29, 1.82) is 0 Å². The fourth-order valence-electron chi connectivity index (χ4n) is 2.14. The van der Waals surface area contributed by atoms with Crippen LogP contribution in [0.4, 0.5) is 5.13 Å². The Morgan fingerprint density at radius 2 is 2.06 bits per heavy atom. The summed E-state index contributed by atoms with van der Waals surface area (Å²) in [6.07, 6.45) is 5.84. The molecule has 0 spiro atoms. The van der Waals surface area contributed by atoms with E-state index in [1.807, 2.05) is 13.1 Å². The van der Waals surface area contributed by atoms with Crippen LogP contribution in [0.5, 0.6) is 0 Å². The van der Waals surface area contributed by atoms with Gasteiger partial charge in [-0.15, -0.1) is 0 Å². The van der Waals surface area contributed by atoms with Crippen molar-refractivity contribution in [2.45, 2.75) is 26.2 Å². The second-order valence-corrected chi connectivity index (χ2v) is 5.35. The molecule has 0 unspecified atom stereocenters. The molecule has 1 aliphatic rings. The van der Waals surface area contributed by atoms with Crippen molar-refractivity contribution in [2.75, 3.05) is 18.0 Å². The van der Waals surface area contributed by atoms with Crippen LogP contribution >= 0.6 is 11.3 Å². The van der Waals surface area contributed by atoms with E-state index in [-0.39, 0.29) is 0 Å². The molecular formula is C12H15N3S. The van der Waals surface area contributed by atoms with E-state index in [4.69, 9.17) is 0 Å². The predicted octanol–water partition coefficient (Wildman–Crippen LogP) is 2.99. The summed E-state index contributed by atoms with van der Waals surface area (Å²) in [6, 6.07) is 2.13. The number of nitrogens with zero attached hydrogens (tertiary/aromatic N) is 3. The first-order valence-corrected chi connectivity index (χ1v) is 6.63. The van der Waals surface area contributed by atoms with Gasteiger partial charge in [-0.3, -0.25) is 4.98 Å². The number of fused-ring (bicyclic) bond motifs is 1. The molecule has 0 atom stereocenters. The van der Waals surface area contributed by atoms with E-state index in [2.05, 4.69) is 20.9 Å². The highest BCUT2D eigenvalue weighted by Gasteiger charge is 2.14. The van der Waals surface area contributed by atoms with Gasteiger partial charge in [0.25, 0.3) is 0 Å². The van der Waals surface area contributed by atoms with Crippen molar-refractivity contribution in [3.8, 4) is 0 Å². The third-order valence-corrected chi connectivity index (χ3v) is 4.11. The van der Waals surface area contributed by atoms with Crippen molar-refractivity contribution in [3.63, 3.8) is 0 Å². The van der Waals surface area contributed by atoms with E-state index in [1.54, 1.807) is 11.3 Å². The third-order valence-electron chi connectivity index (χ3n) is 3.03.